The summed E-state index contributed by atoms with van der Waals surface area (Å²) in [6.07, 6.45) is 5.99. The number of hydrogen-bond acceptors (Lipinski definition) is 4. The highest BCUT2D eigenvalue weighted by atomic mass is 32.2. The van der Waals surface area contributed by atoms with Crippen LogP contribution in [0, 0.1) is 0 Å². The number of aryl methyl sites for hydroxylation is 1. The molecule has 1 aliphatic rings. The zero-order valence-electron chi connectivity index (χ0n) is 9.96. The van der Waals surface area contributed by atoms with Crippen molar-refractivity contribution in [2.24, 2.45) is 5.14 Å². The largest absolute Gasteiger partial charge is 0.298 e. The molecule has 7 heteroatoms. The van der Waals surface area contributed by atoms with Gasteiger partial charge in [-0.05, 0) is 19.3 Å². The summed E-state index contributed by atoms with van der Waals surface area (Å²) in [5.41, 5.74) is 0. The number of nitrogens with two attached hydrogens (primary N) is 1. The molecule has 0 atom stereocenters. The summed E-state index contributed by atoms with van der Waals surface area (Å²) in [5, 5.41) is 12.8. The van der Waals surface area contributed by atoms with Gasteiger partial charge in [-0.15, -0.1) is 10.2 Å². The molecule has 17 heavy (non-hydrogen) atoms. The molecule has 96 valence electrons. The molecule has 0 saturated heterocycles. The van der Waals surface area contributed by atoms with Crippen LogP contribution in [-0.2, 0) is 16.4 Å². The Morgan fingerprint density at radius 2 is 2.06 bits per heavy atom. The van der Waals surface area contributed by atoms with Crippen LogP contribution in [0.25, 0.3) is 0 Å². The number of nitrogens with zero attached hydrogens (tertiary/aromatic N) is 3. The van der Waals surface area contributed by atoms with E-state index in [0.29, 0.717) is 0 Å². The van der Waals surface area contributed by atoms with Crippen LogP contribution in [0.3, 0.4) is 0 Å². The zero-order chi connectivity index (χ0) is 12.5. The van der Waals surface area contributed by atoms with E-state index in [-0.39, 0.29) is 11.2 Å². The van der Waals surface area contributed by atoms with Gasteiger partial charge in [-0.1, -0.05) is 19.8 Å². The lowest BCUT2D eigenvalue weighted by molar-refractivity contribution is 0.554. The zero-order valence-corrected chi connectivity index (χ0v) is 10.8. The molecule has 1 aliphatic carbocycles. The van der Waals surface area contributed by atoms with E-state index >= 15 is 0 Å². The van der Waals surface area contributed by atoms with Gasteiger partial charge in [-0.25, -0.2) is 13.6 Å². The Bertz CT molecular complexity index is 490. The lowest BCUT2D eigenvalue weighted by Crippen LogP contribution is -2.19. The van der Waals surface area contributed by atoms with E-state index in [1.165, 1.54) is 0 Å². The van der Waals surface area contributed by atoms with Crippen molar-refractivity contribution >= 4 is 10.0 Å². The number of primary sulfonamides is 1. The second kappa shape index (κ2) is 4.73. The molecule has 1 fully saturated rings. The Labute approximate surface area is 101 Å². The summed E-state index contributed by atoms with van der Waals surface area (Å²) in [6.45, 7) is 2.13. The van der Waals surface area contributed by atoms with Crippen LogP contribution < -0.4 is 5.14 Å². The molecule has 2 rings (SSSR count). The van der Waals surface area contributed by atoms with Gasteiger partial charge in [0, 0.05) is 12.5 Å². The minimum absolute atomic E-state index is 0.0773. The van der Waals surface area contributed by atoms with Gasteiger partial charge in [-0.3, -0.25) is 4.57 Å². The standard InChI is InChI=1S/C10H18N4O2S/c1-2-3-4-5-9-12-13-10(17(11,15)16)14(9)8-6-7-8/h8H,2-7H2,1H3,(H2,11,15,16). The molecule has 2 N–H and O–H groups in total. The average Bonchev–Trinajstić information content (AvgIpc) is 2.98. The van der Waals surface area contributed by atoms with Gasteiger partial charge in [0.15, 0.2) is 0 Å². The fourth-order valence-electron chi connectivity index (χ4n) is 1.90. The fraction of sp³-hybridized carbons (Fsp3) is 0.800. The van der Waals surface area contributed by atoms with Gasteiger partial charge in [0.05, 0.1) is 0 Å². The lowest BCUT2D eigenvalue weighted by Gasteiger charge is -2.07. The van der Waals surface area contributed by atoms with Crippen LogP contribution in [0.1, 0.15) is 50.9 Å². The van der Waals surface area contributed by atoms with Gasteiger partial charge >= 0.3 is 0 Å². The summed E-state index contributed by atoms with van der Waals surface area (Å²) in [5.74, 6) is 0.755. The molecule has 1 heterocycles. The summed E-state index contributed by atoms with van der Waals surface area (Å²) in [7, 11) is -3.76. The van der Waals surface area contributed by atoms with E-state index in [2.05, 4.69) is 17.1 Å². The molecule has 0 aliphatic heterocycles. The molecule has 6 nitrogen and oxygen atoms in total. The SMILES string of the molecule is CCCCCc1nnc(S(N)(=O)=O)n1C1CC1. The second-order valence-corrected chi connectivity index (χ2v) is 5.96. The molecule has 1 aromatic rings. The van der Waals surface area contributed by atoms with E-state index in [1.54, 1.807) is 4.57 Å². The Morgan fingerprint density at radius 1 is 1.35 bits per heavy atom. The third-order valence-electron chi connectivity index (χ3n) is 2.91. The molecule has 0 bridgehead atoms. The van der Waals surface area contributed by atoms with Crippen molar-refractivity contribution in [2.75, 3.05) is 0 Å². The molecule has 1 aromatic heterocycles. The fourth-order valence-corrected chi connectivity index (χ4v) is 2.59. The maximum Gasteiger partial charge on any atom is 0.273 e. The molecular weight excluding hydrogens is 240 g/mol. The Morgan fingerprint density at radius 3 is 2.59 bits per heavy atom. The number of unbranched alkanes of at least 4 members (excludes halogenated alkanes) is 2. The predicted molar refractivity (Wildman–Crippen MR) is 62.9 cm³/mol. The average molecular weight is 258 g/mol. The van der Waals surface area contributed by atoms with Gasteiger partial charge in [-0.2, -0.15) is 0 Å². The maximum absolute atomic E-state index is 11.4. The van der Waals surface area contributed by atoms with Crippen LogP contribution in [-0.4, -0.2) is 23.2 Å². The van der Waals surface area contributed by atoms with Crippen molar-refractivity contribution in [3.8, 4) is 0 Å². The summed E-state index contributed by atoms with van der Waals surface area (Å²) < 4.78 is 24.5. The first-order valence-electron chi connectivity index (χ1n) is 6.00. The van der Waals surface area contributed by atoms with Crippen molar-refractivity contribution in [2.45, 2.75) is 56.6 Å². The van der Waals surface area contributed by atoms with Crippen molar-refractivity contribution in [3.63, 3.8) is 0 Å². The van der Waals surface area contributed by atoms with Crippen LogP contribution in [0.2, 0.25) is 0 Å². The van der Waals surface area contributed by atoms with E-state index in [9.17, 15) is 8.42 Å². The van der Waals surface area contributed by atoms with Gasteiger partial charge < -0.3 is 0 Å². The Hall–Kier alpha value is -0.950. The van der Waals surface area contributed by atoms with Crippen LogP contribution in [0.15, 0.2) is 5.16 Å². The highest BCUT2D eigenvalue weighted by Gasteiger charge is 2.32. The minimum atomic E-state index is -3.76. The number of rotatable bonds is 6. The third-order valence-corrected chi connectivity index (χ3v) is 3.69. The first-order chi connectivity index (χ1) is 8.04. The van der Waals surface area contributed by atoms with E-state index in [0.717, 1.165) is 44.3 Å². The van der Waals surface area contributed by atoms with Crippen molar-refractivity contribution in [3.05, 3.63) is 5.82 Å². The normalized spacial score (nSPS) is 16.4. The second-order valence-electron chi connectivity index (χ2n) is 4.50. The molecule has 0 radical (unpaired) electrons. The van der Waals surface area contributed by atoms with E-state index in [1.807, 2.05) is 0 Å². The molecule has 1 saturated carbocycles. The molecule has 0 spiro atoms. The minimum Gasteiger partial charge on any atom is -0.298 e. The monoisotopic (exact) mass is 258 g/mol. The van der Waals surface area contributed by atoms with Gasteiger partial charge in [0.2, 0.25) is 0 Å². The van der Waals surface area contributed by atoms with Crippen LogP contribution in [0.4, 0.5) is 0 Å². The molecule has 0 unspecified atom stereocenters. The van der Waals surface area contributed by atoms with Gasteiger partial charge in [0.25, 0.3) is 15.2 Å². The van der Waals surface area contributed by atoms with Crippen LogP contribution >= 0.6 is 0 Å². The third kappa shape index (κ3) is 2.84. The number of hydrogen-bond donors (Lipinski definition) is 1. The quantitative estimate of drug-likeness (QED) is 0.770. The summed E-state index contributed by atoms with van der Waals surface area (Å²) in [6, 6.07) is 0.231. The lowest BCUT2D eigenvalue weighted by atomic mass is 10.2. The highest BCUT2D eigenvalue weighted by molar-refractivity contribution is 7.89. The number of sulfonamides is 1. The Kier molecular flexibility index (Phi) is 3.48. The summed E-state index contributed by atoms with van der Waals surface area (Å²) in [4.78, 5) is 0. The Balaban J connectivity index is 2.24. The van der Waals surface area contributed by atoms with Crippen molar-refractivity contribution in [1.82, 2.24) is 14.8 Å². The van der Waals surface area contributed by atoms with E-state index < -0.39 is 10.0 Å². The van der Waals surface area contributed by atoms with Crippen molar-refractivity contribution in [1.29, 1.82) is 0 Å². The maximum atomic E-state index is 11.4. The smallest absolute Gasteiger partial charge is 0.273 e. The van der Waals surface area contributed by atoms with E-state index in [4.69, 9.17) is 5.14 Å². The predicted octanol–water partition coefficient (Wildman–Crippen LogP) is 0.993. The number of aromatic nitrogens is 3. The molecular formula is C10H18N4O2S. The summed E-state index contributed by atoms with van der Waals surface area (Å²) >= 11 is 0. The first kappa shape index (κ1) is 12.5. The van der Waals surface area contributed by atoms with Crippen molar-refractivity contribution < 1.29 is 8.42 Å². The molecule has 0 aromatic carbocycles. The molecule has 0 amide bonds. The van der Waals surface area contributed by atoms with Crippen LogP contribution in [0.5, 0.6) is 0 Å². The topological polar surface area (TPSA) is 90.9 Å². The van der Waals surface area contributed by atoms with Gasteiger partial charge in [0.1, 0.15) is 5.82 Å². The first-order valence-corrected chi connectivity index (χ1v) is 7.55. The highest BCUT2D eigenvalue weighted by Crippen LogP contribution is 2.37.